The van der Waals surface area contributed by atoms with Gasteiger partial charge in [0.15, 0.2) is 0 Å². The lowest BCUT2D eigenvalue weighted by molar-refractivity contribution is -0.121. The van der Waals surface area contributed by atoms with Gasteiger partial charge in [0.25, 0.3) is 0 Å². The molecule has 0 spiro atoms. The van der Waals surface area contributed by atoms with E-state index in [-0.39, 0.29) is 12.1 Å². The Hall–Kier alpha value is -1.10. The molecular weight excluding hydrogens is 270 g/mol. The third-order valence-corrected chi connectivity index (χ3v) is 4.24. The zero-order valence-electron chi connectivity index (χ0n) is 13.8. The Kier molecular flexibility index (Phi) is 4.34. The van der Waals surface area contributed by atoms with E-state index in [4.69, 9.17) is 9.47 Å². The van der Waals surface area contributed by atoms with Gasteiger partial charge in [-0.2, -0.15) is 0 Å². The number of carbonyl (C=O) groups is 2. The van der Waals surface area contributed by atoms with Crippen molar-refractivity contribution in [3.8, 4) is 0 Å². The topological polar surface area (TPSA) is 55.8 Å². The smallest absolute Gasteiger partial charge is 0.412 e. The van der Waals surface area contributed by atoms with Crippen LogP contribution in [-0.4, -0.2) is 40.8 Å². The van der Waals surface area contributed by atoms with Gasteiger partial charge in [0.05, 0.1) is 12.6 Å². The highest BCUT2D eigenvalue weighted by molar-refractivity contribution is 5.79. The monoisotopic (exact) mass is 297 g/mol. The van der Waals surface area contributed by atoms with Crippen LogP contribution in [0.1, 0.15) is 60.3 Å². The van der Waals surface area contributed by atoms with Crippen molar-refractivity contribution in [1.82, 2.24) is 4.90 Å². The van der Waals surface area contributed by atoms with Crippen LogP contribution in [0.4, 0.5) is 4.79 Å². The largest absolute Gasteiger partial charge is 0.444 e. The molecular formula is C16H27NO4. The molecule has 0 radical (unpaired) electrons. The van der Waals surface area contributed by atoms with E-state index in [1.54, 1.807) is 4.90 Å². The van der Waals surface area contributed by atoms with E-state index in [1.807, 2.05) is 34.6 Å². The highest BCUT2D eigenvalue weighted by atomic mass is 16.6. The minimum absolute atomic E-state index is 0.00273. The zero-order valence-corrected chi connectivity index (χ0v) is 13.8. The van der Waals surface area contributed by atoms with Crippen molar-refractivity contribution < 1.29 is 19.1 Å². The van der Waals surface area contributed by atoms with Crippen LogP contribution in [-0.2, 0) is 14.3 Å². The molecule has 0 aromatic rings. The maximum absolute atomic E-state index is 12.6. The standard InChI is InChI=1S/C16H27NO4/c1-15(2,3)21-14(19)17-13(10-20-16(17,4)5)11-6-8-12(18)9-7-11/h11,13H,6-10H2,1-5H3. The minimum atomic E-state index is -0.658. The molecule has 120 valence electrons. The fourth-order valence-corrected chi connectivity index (χ4v) is 3.19. The molecule has 1 saturated carbocycles. The molecule has 1 aliphatic heterocycles. The lowest BCUT2D eigenvalue weighted by atomic mass is 9.83. The first-order chi connectivity index (χ1) is 9.60. The van der Waals surface area contributed by atoms with Crippen molar-refractivity contribution in [1.29, 1.82) is 0 Å². The maximum Gasteiger partial charge on any atom is 0.412 e. The van der Waals surface area contributed by atoms with E-state index in [2.05, 4.69) is 0 Å². The fourth-order valence-electron chi connectivity index (χ4n) is 3.19. The molecule has 1 unspecified atom stereocenters. The van der Waals surface area contributed by atoms with Crippen LogP contribution < -0.4 is 0 Å². The second-order valence-corrected chi connectivity index (χ2v) is 7.55. The van der Waals surface area contributed by atoms with Crippen molar-refractivity contribution in [3.63, 3.8) is 0 Å². The molecule has 21 heavy (non-hydrogen) atoms. The summed E-state index contributed by atoms with van der Waals surface area (Å²) in [7, 11) is 0. The normalized spacial score (nSPS) is 27.0. The molecule has 2 rings (SSSR count). The van der Waals surface area contributed by atoms with Gasteiger partial charge >= 0.3 is 6.09 Å². The summed E-state index contributed by atoms with van der Waals surface area (Å²) < 4.78 is 11.4. The van der Waals surface area contributed by atoms with Gasteiger partial charge in [-0.15, -0.1) is 0 Å². The van der Waals surface area contributed by atoms with Crippen LogP contribution in [0, 0.1) is 5.92 Å². The molecule has 1 atom stereocenters. The highest BCUT2D eigenvalue weighted by Gasteiger charge is 2.48. The molecule has 1 amide bonds. The Morgan fingerprint density at radius 2 is 1.86 bits per heavy atom. The first-order valence-electron chi connectivity index (χ1n) is 7.78. The second kappa shape index (κ2) is 5.59. The summed E-state index contributed by atoms with van der Waals surface area (Å²) in [6.07, 6.45) is 2.57. The average Bonchev–Trinajstić information content (AvgIpc) is 2.64. The van der Waals surface area contributed by atoms with E-state index in [1.165, 1.54) is 0 Å². The van der Waals surface area contributed by atoms with Crippen LogP contribution in [0.5, 0.6) is 0 Å². The van der Waals surface area contributed by atoms with Gasteiger partial charge in [-0.25, -0.2) is 4.79 Å². The van der Waals surface area contributed by atoms with Gasteiger partial charge in [-0.05, 0) is 53.4 Å². The molecule has 0 aromatic carbocycles. The summed E-state index contributed by atoms with van der Waals surface area (Å²) in [6.45, 7) is 9.90. The molecule has 1 heterocycles. The van der Waals surface area contributed by atoms with Crippen molar-refractivity contribution >= 4 is 11.9 Å². The lowest BCUT2D eigenvalue weighted by Gasteiger charge is -2.38. The summed E-state index contributed by atoms with van der Waals surface area (Å²) in [5, 5.41) is 0. The molecule has 5 heteroatoms. The Labute approximate surface area is 127 Å². The predicted molar refractivity (Wildman–Crippen MR) is 78.9 cm³/mol. The molecule has 0 aromatic heterocycles. The van der Waals surface area contributed by atoms with Crippen molar-refractivity contribution in [3.05, 3.63) is 0 Å². The van der Waals surface area contributed by atoms with Gasteiger partial charge in [0.1, 0.15) is 17.1 Å². The lowest BCUT2D eigenvalue weighted by Crippen LogP contribution is -2.52. The van der Waals surface area contributed by atoms with Gasteiger partial charge in [0, 0.05) is 12.8 Å². The third kappa shape index (κ3) is 3.76. The number of rotatable bonds is 1. The highest BCUT2D eigenvalue weighted by Crippen LogP contribution is 2.37. The number of ketones is 1. The Morgan fingerprint density at radius 1 is 1.29 bits per heavy atom. The van der Waals surface area contributed by atoms with E-state index >= 15 is 0 Å². The van der Waals surface area contributed by atoms with E-state index in [0.717, 1.165) is 12.8 Å². The number of amides is 1. The van der Waals surface area contributed by atoms with Crippen molar-refractivity contribution in [2.24, 2.45) is 5.92 Å². The van der Waals surface area contributed by atoms with Crippen molar-refractivity contribution in [2.75, 3.05) is 6.61 Å². The van der Waals surface area contributed by atoms with Crippen LogP contribution in [0.2, 0.25) is 0 Å². The first kappa shape index (κ1) is 16.3. The fraction of sp³-hybridized carbons (Fsp3) is 0.875. The minimum Gasteiger partial charge on any atom is -0.444 e. The van der Waals surface area contributed by atoms with Gasteiger partial charge < -0.3 is 9.47 Å². The van der Waals surface area contributed by atoms with Crippen LogP contribution in [0.25, 0.3) is 0 Å². The molecule has 1 saturated heterocycles. The number of hydrogen-bond donors (Lipinski definition) is 0. The summed E-state index contributed by atoms with van der Waals surface area (Å²) in [5.41, 5.74) is -1.18. The summed E-state index contributed by atoms with van der Waals surface area (Å²) in [5.74, 6) is 0.644. The van der Waals surface area contributed by atoms with Gasteiger partial charge in [0.2, 0.25) is 0 Å². The third-order valence-electron chi connectivity index (χ3n) is 4.24. The Morgan fingerprint density at radius 3 is 2.38 bits per heavy atom. The van der Waals surface area contributed by atoms with E-state index in [9.17, 15) is 9.59 Å². The summed E-state index contributed by atoms with van der Waals surface area (Å²) >= 11 is 0. The number of ether oxygens (including phenoxy) is 2. The van der Waals surface area contributed by atoms with Crippen LogP contribution in [0.15, 0.2) is 0 Å². The van der Waals surface area contributed by atoms with Gasteiger partial charge in [-0.3, -0.25) is 9.69 Å². The van der Waals surface area contributed by atoms with E-state index < -0.39 is 11.3 Å². The number of nitrogens with zero attached hydrogens (tertiary/aromatic N) is 1. The summed E-state index contributed by atoms with van der Waals surface area (Å²) in [6, 6.07) is 0.00273. The molecule has 0 N–H and O–H groups in total. The quantitative estimate of drug-likeness (QED) is 0.746. The molecule has 2 aliphatic rings. The Balaban J connectivity index is 2.13. The van der Waals surface area contributed by atoms with Gasteiger partial charge in [-0.1, -0.05) is 0 Å². The molecule has 5 nitrogen and oxygen atoms in total. The number of hydrogen-bond acceptors (Lipinski definition) is 4. The second-order valence-electron chi connectivity index (χ2n) is 7.55. The Bertz CT molecular complexity index is 414. The predicted octanol–water partition coefficient (Wildman–Crippen LogP) is 3.12. The molecule has 0 bridgehead atoms. The summed E-state index contributed by atoms with van der Waals surface area (Å²) in [4.78, 5) is 25.7. The van der Waals surface area contributed by atoms with Crippen LogP contribution >= 0.6 is 0 Å². The van der Waals surface area contributed by atoms with Crippen molar-refractivity contribution in [2.45, 2.75) is 77.7 Å². The maximum atomic E-state index is 12.6. The number of carbonyl (C=O) groups excluding carboxylic acids is 2. The molecule has 2 fully saturated rings. The SMILES string of the molecule is CC(C)(C)OC(=O)N1C(C2CCC(=O)CC2)COC1(C)C. The zero-order chi connectivity index (χ0) is 15.8. The van der Waals surface area contributed by atoms with Crippen LogP contribution in [0.3, 0.4) is 0 Å². The average molecular weight is 297 g/mol. The number of Topliss-reactive ketones (excluding diaryl/α,β-unsaturated/α-hetero) is 1. The molecule has 1 aliphatic carbocycles. The van der Waals surface area contributed by atoms with E-state index in [0.29, 0.717) is 31.1 Å². The first-order valence-corrected chi connectivity index (χ1v) is 7.78.